The average Bonchev–Trinajstić information content (AvgIpc) is 3.20. The Kier molecular flexibility index (Phi) is 7.71. The molecule has 0 atom stereocenters. The Balaban J connectivity index is 1.46. The van der Waals surface area contributed by atoms with E-state index in [0.717, 1.165) is 12.1 Å². The normalized spacial score (nSPS) is 13.1. The van der Waals surface area contributed by atoms with E-state index < -0.39 is 17.7 Å². The van der Waals surface area contributed by atoms with E-state index in [-0.39, 0.29) is 19.0 Å². The van der Waals surface area contributed by atoms with E-state index in [1.807, 2.05) is 0 Å². The number of nitrogens with one attached hydrogen (secondary N) is 2. The number of carbonyl (C=O) groups is 4. The van der Waals surface area contributed by atoms with E-state index in [4.69, 9.17) is 23.2 Å². The van der Waals surface area contributed by atoms with Crippen molar-refractivity contribution < 1.29 is 19.2 Å². The van der Waals surface area contributed by atoms with Crippen molar-refractivity contribution in [3.05, 3.63) is 58.1 Å². The molecule has 4 amide bonds. The molecule has 0 aromatic heterocycles. The molecule has 0 spiro atoms. The van der Waals surface area contributed by atoms with Gasteiger partial charge in [0.05, 0.1) is 23.1 Å². The fourth-order valence-electron chi connectivity index (χ4n) is 3.18. The van der Waals surface area contributed by atoms with Crippen LogP contribution in [0.25, 0.3) is 0 Å². The zero-order chi connectivity index (χ0) is 23.3. The van der Waals surface area contributed by atoms with Gasteiger partial charge < -0.3 is 20.4 Å². The molecule has 1 fully saturated rings. The van der Waals surface area contributed by atoms with Crippen LogP contribution in [0.15, 0.2) is 42.5 Å². The standard InChI is InChI=1S/C22H22Cl2N4O4/c1-27(13-19(29)26-15-6-9-17(23)18(24)11-15)21(31)12-25-22(32)14-4-7-16(8-5-14)28-10-2-3-20(28)30/h4-9,11H,2-3,10,12-13H2,1H3,(H,25,32)(H,26,29). The first-order chi connectivity index (χ1) is 15.2. The highest BCUT2D eigenvalue weighted by Crippen LogP contribution is 2.25. The third-order valence-corrected chi connectivity index (χ3v) is 5.66. The van der Waals surface area contributed by atoms with Gasteiger partial charge in [0.25, 0.3) is 5.91 Å². The van der Waals surface area contributed by atoms with Gasteiger partial charge in [-0.1, -0.05) is 23.2 Å². The van der Waals surface area contributed by atoms with Gasteiger partial charge in [-0.2, -0.15) is 0 Å². The van der Waals surface area contributed by atoms with Crippen LogP contribution in [-0.2, 0) is 14.4 Å². The summed E-state index contributed by atoms with van der Waals surface area (Å²) in [6.45, 7) is 0.207. The molecule has 10 heteroatoms. The monoisotopic (exact) mass is 476 g/mol. The van der Waals surface area contributed by atoms with Crippen LogP contribution in [0, 0.1) is 0 Å². The number of hydrogen-bond acceptors (Lipinski definition) is 4. The Morgan fingerprint density at radius 2 is 1.78 bits per heavy atom. The van der Waals surface area contributed by atoms with Gasteiger partial charge in [0, 0.05) is 37.0 Å². The molecule has 1 heterocycles. The molecule has 2 aromatic carbocycles. The molecule has 168 valence electrons. The number of hydrogen-bond donors (Lipinski definition) is 2. The minimum Gasteiger partial charge on any atom is -0.343 e. The molecule has 1 aliphatic rings. The maximum Gasteiger partial charge on any atom is 0.251 e. The second-order valence-electron chi connectivity index (χ2n) is 7.31. The fraction of sp³-hybridized carbons (Fsp3) is 0.273. The van der Waals surface area contributed by atoms with E-state index in [2.05, 4.69) is 10.6 Å². The summed E-state index contributed by atoms with van der Waals surface area (Å²) in [4.78, 5) is 51.4. The molecule has 2 aromatic rings. The Morgan fingerprint density at radius 3 is 2.41 bits per heavy atom. The molecule has 1 aliphatic heterocycles. The van der Waals surface area contributed by atoms with Crippen molar-refractivity contribution in [2.24, 2.45) is 0 Å². The number of nitrogens with zero attached hydrogens (tertiary/aromatic N) is 2. The number of likely N-dealkylation sites (N-methyl/N-ethyl adjacent to an activating group) is 1. The maximum absolute atomic E-state index is 12.3. The van der Waals surface area contributed by atoms with E-state index >= 15 is 0 Å². The van der Waals surface area contributed by atoms with Crippen LogP contribution >= 0.6 is 23.2 Å². The molecule has 8 nitrogen and oxygen atoms in total. The van der Waals surface area contributed by atoms with Crippen LogP contribution in [0.5, 0.6) is 0 Å². The molecular weight excluding hydrogens is 455 g/mol. The van der Waals surface area contributed by atoms with Gasteiger partial charge >= 0.3 is 0 Å². The summed E-state index contributed by atoms with van der Waals surface area (Å²) < 4.78 is 0. The van der Waals surface area contributed by atoms with Gasteiger partial charge in [-0.05, 0) is 48.9 Å². The van der Waals surface area contributed by atoms with E-state index in [0.29, 0.717) is 34.3 Å². The van der Waals surface area contributed by atoms with Crippen LogP contribution in [0.2, 0.25) is 10.0 Å². The van der Waals surface area contributed by atoms with Crippen molar-refractivity contribution in [2.45, 2.75) is 12.8 Å². The first-order valence-electron chi connectivity index (χ1n) is 9.92. The predicted molar refractivity (Wildman–Crippen MR) is 123 cm³/mol. The summed E-state index contributed by atoms with van der Waals surface area (Å²) in [5.41, 5.74) is 1.57. The Morgan fingerprint density at radius 1 is 1.06 bits per heavy atom. The largest absolute Gasteiger partial charge is 0.343 e. The number of halogens is 2. The highest BCUT2D eigenvalue weighted by Gasteiger charge is 2.22. The first-order valence-corrected chi connectivity index (χ1v) is 10.7. The van der Waals surface area contributed by atoms with Crippen LogP contribution in [0.4, 0.5) is 11.4 Å². The molecule has 0 unspecified atom stereocenters. The third kappa shape index (κ3) is 5.99. The summed E-state index contributed by atoms with van der Waals surface area (Å²) in [6, 6.07) is 11.3. The lowest BCUT2D eigenvalue weighted by Crippen LogP contribution is -2.41. The van der Waals surface area contributed by atoms with E-state index in [1.165, 1.54) is 18.0 Å². The highest BCUT2D eigenvalue weighted by molar-refractivity contribution is 6.42. The zero-order valence-corrected chi connectivity index (χ0v) is 18.9. The van der Waals surface area contributed by atoms with Crippen molar-refractivity contribution in [1.82, 2.24) is 10.2 Å². The molecular formula is C22H22Cl2N4O4. The van der Waals surface area contributed by atoms with Crippen LogP contribution < -0.4 is 15.5 Å². The summed E-state index contributed by atoms with van der Waals surface area (Å²) in [7, 11) is 1.46. The highest BCUT2D eigenvalue weighted by atomic mass is 35.5. The molecule has 3 rings (SSSR count). The Labute approximate surface area is 195 Å². The number of rotatable bonds is 7. The molecule has 1 saturated heterocycles. The van der Waals surface area contributed by atoms with Gasteiger partial charge in [-0.25, -0.2) is 0 Å². The van der Waals surface area contributed by atoms with Crippen molar-refractivity contribution in [3.63, 3.8) is 0 Å². The van der Waals surface area contributed by atoms with Crippen LogP contribution in [0.1, 0.15) is 23.2 Å². The van der Waals surface area contributed by atoms with Gasteiger partial charge in [0.1, 0.15) is 0 Å². The molecule has 0 radical (unpaired) electrons. The quantitative estimate of drug-likeness (QED) is 0.641. The minimum atomic E-state index is -0.429. The predicted octanol–water partition coefficient (Wildman–Crippen LogP) is 2.95. The summed E-state index contributed by atoms with van der Waals surface area (Å²) in [6.07, 6.45) is 1.35. The van der Waals surface area contributed by atoms with Gasteiger partial charge in [-0.3, -0.25) is 19.2 Å². The lowest BCUT2D eigenvalue weighted by molar-refractivity contribution is -0.132. The second-order valence-corrected chi connectivity index (χ2v) is 8.12. The van der Waals surface area contributed by atoms with Crippen LogP contribution in [0.3, 0.4) is 0 Å². The Bertz CT molecular complexity index is 1040. The van der Waals surface area contributed by atoms with Crippen molar-refractivity contribution in [2.75, 3.05) is 36.9 Å². The Hall–Kier alpha value is -3.10. The average molecular weight is 477 g/mol. The van der Waals surface area contributed by atoms with E-state index in [9.17, 15) is 19.2 Å². The van der Waals surface area contributed by atoms with Crippen LogP contribution in [-0.4, -0.2) is 55.2 Å². The van der Waals surface area contributed by atoms with Gasteiger partial charge in [0.2, 0.25) is 17.7 Å². The summed E-state index contributed by atoms with van der Waals surface area (Å²) >= 11 is 11.8. The molecule has 32 heavy (non-hydrogen) atoms. The molecule has 2 N–H and O–H groups in total. The lowest BCUT2D eigenvalue weighted by atomic mass is 10.2. The summed E-state index contributed by atoms with van der Waals surface area (Å²) in [5, 5.41) is 5.84. The number of amides is 4. The fourth-order valence-corrected chi connectivity index (χ4v) is 3.48. The molecule has 0 bridgehead atoms. The SMILES string of the molecule is CN(CC(=O)Nc1ccc(Cl)c(Cl)c1)C(=O)CNC(=O)c1ccc(N2CCCC2=O)cc1. The third-order valence-electron chi connectivity index (χ3n) is 4.92. The number of anilines is 2. The smallest absolute Gasteiger partial charge is 0.251 e. The summed E-state index contributed by atoms with van der Waals surface area (Å²) in [5.74, 6) is -1.20. The second kappa shape index (κ2) is 10.5. The van der Waals surface area contributed by atoms with Gasteiger partial charge in [0.15, 0.2) is 0 Å². The van der Waals surface area contributed by atoms with Crippen molar-refractivity contribution >= 4 is 58.2 Å². The van der Waals surface area contributed by atoms with Crippen molar-refractivity contribution in [3.8, 4) is 0 Å². The topological polar surface area (TPSA) is 98.8 Å². The molecule has 0 saturated carbocycles. The molecule has 0 aliphatic carbocycles. The van der Waals surface area contributed by atoms with Crippen molar-refractivity contribution in [1.29, 1.82) is 0 Å². The lowest BCUT2D eigenvalue weighted by Gasteiger charge is -2.18. The number of benzene rings is 2. The minimum absolute atomic E-state index is 0.0685. The first kappa shape index (κ1) is 23.6. The zero-order valence-electron chi connectivity index (χ0n) is 17.4. The maximum atomic E-state index is 12.3. The van der Waals surface area contributed by atoms with E-state index in [1.54, 1.807) is 41.3 Å². The number of carbonyl (C=O) groups excluding carboxylic acids is 4. The van der Waals surface area contributed by atoms with Gasteiger partial charge in [-0.15, -0.1) is 0 Å².